The van der Waals surface area contributed by atoms with Crippen LogP contribution >= 0.6 is 0 Å². The van der Waals surface area contributed by atoms with Gasteiger partial charge in [0.1, 0.15) is 0 Å². The second-order valence-electron chi connectivity index (χ2n) is 6.85. The smallest absolute Gasteiger partial charge is 0.0223 e. The van der Waals surface area contributed by atoms with Gasteiger partial charge in [0.05, 0.1) is 0 Å². The summed E-state index contributed by atoms with van der Waals surface area (Å²) in [6.45, 7) is 10.7. The van der Waals surface area contributed by atoms with Gasteiger partial charge in [-0.1, -0.05) is 26.7 Å². The minimum Gasteiger partial charge on any atom is -0.313 e. The van der Waals surface area contributed by atoms with Crippen molar-refractivity contribution in [1.82, 2.24) is 15.1 Å². The van der Waals surface area contributed by atoms with Crippen LogP contribution in [0.5, 0.6) is 0 Å². The van der Waals surface area contributed by atoms with Crippen LogP contribution in [0.4, 0.5) is 0 Å². The Hall–Kier alpha value is -0.120. The van der Waals surface area contributed by atoms with E-state index in [1.165, 1.54) is 64.7 Å². The third-order valence-electron chi connectivity index (χ3n) is 5.37. The summed E-state index contributed by atoms with van der Waals surface area (Å²) < 4.78 is 0. The van der Waals surface area contributed by atoms with Gasteiger partial charge in [0.25, 0.3) is 0 Å². The molecule has 1 heterocycles. The minimum atomic E-state index is 0.712. The molecule has 2 unspecified atom stereocenters. The van der Waals surface area contributed by atoms with Crippen LogP contribution in [0.25, 0.3) is 0 Å². The molecule has 1 N–H and O–H groups in total. The van der Waals surface area contributed by atoms with Gasteiger partial charge >= 0.3 is 0 Å². The third-order valence-corrected chi connectivity index (χ3v) is 5.37. The Morgan fingerprint density at radius 1 is 1.15 bits per heavy atom. The maximum absolute atomic E-state index is 3.75. The highest BCUT2D eigenvalue weighted by atomic mass is 15.2. The SMILES string of the molecule is CCNC(CN(C)CC1CCCN1CC)C1CCCC1. The Balaban J connectivity index is 1.79. The van der Waals surface area contributed by atoms with Gasteiger partial charge in [0.15, 0.2) is 0 Å². The number of likely N-dealkylation sites (tertiary alicyclic amines) is 1. The molecule has 1 aliphatic heterocycles. The van der Waals surface area contributed by atoms with Crippen LogP contribution in [0.15, 0.2) is 0 Å². The van der Waals surface area contributed by atoms with E-state index in [1.807, 2.05) is 0 Å². The normalized spacial score (nSPS) is 26.7. The van der Waals surface area contributed by atoms with Gasteiger partial charge in [-0.15, -0.1) is 0 Å². The van der Waals surface area contributed by atoms with Crippen molar-refractivity contribution < 1.29 is 0 Å². The second kappa shape index (κ2) is 8.35. The molecule has 2 atom stereocenters. The molecule has 0 amide bonds. The second-order valence-corrected chi connectivity index (χ2v) is 6.85. The standard InChI is InChI=1S/C17H35N3/c1-4-18-17(15-9-6-7-10-15)14-19(3)13-16-11-8-12-20(16)5-2/h15-18H,4-14H2,1-3H3. The Kier molecular flexibility index (Phi) is 6.79. The number of nitrogens with zero attached hydrogens (tertiary/aromatic N) is 2. The molecule has 0 aromatic rings. The topological polar surface area (TPSA) is 18.5 Å². The summed E-state index contributed by atoms with van der Waals surface area (Å²) in [7, 11) is 2.32. The van der Waals surface area contributed by atoms with Crippen molar-refractivity contribution >= 4 is 0 Å². The Morgan fingerprint density at radius 2 is 1.90 bits per heavy atom. The van der Waals surface area contributed by atoms with E-state index >= 15 is 0 Å². The zero-order valence-corrected chi connectivity index (χ0v) is 13.9. The minimum absolute atomic E-state index is 0.712. The molecule has 3 nitrogen and oxygen atoms in total. The van der Waals surface area contributed by atoms with Crippen molar-refractivity contribution in [3.05, 3.63) is 0 Å². The van der Waals surface area contributed by atoms with Crippen LogP contribution in [-0.4, -0.2) is 61.7 Å². The molecule has 2 rings (SSSR count). The van der Waals surface area contributed by atoms with Crippen molar-refractivity contribution in [2.75, 3.05) is 39.8 Å². The lowest BCUT2D eigenvalue weighted by molar-refractivity contribution is 0.175. The van der Waals surface area contributed by atoms with Crippen LogP contribution in [0.1, 0.15) is 52.4 Å². The molecule has 0 aromatic heterocycles. The number of hydrogen-bond donors (Lipinski definition) is 1. The van der Waals surface area contributed by atoms with Crippen molar-refractivity contribution in [3.8, 4) is 0 Å². The summed E-state index contributed by atoms with van der Waals surface area (Å²) >= 11 is 0. The lowest BCUT2D eigenvalue weighted by Gasteiger charge is -2.32. The molecule has 0 spiro atoms. The summed E-state index contributed by atoms with van der Waals surface area (Å²) in [5.41, 5.74) is 0. The van der Waals surface area contributed by atoms with E-state index in [4.69, 9.17) is 0 Å². The quantitative estimate of drug-likeness (QED) is 0.738. The monoisotopic (exact) mass is 281 g/mol. The summed E-state index contributed by atoms with van der Waals surface area (Å²) in [5.74, 6) is 0.920. The van der Waals surface area contributed by atoms with Crippen LogP contribution in [-0.2, 0) is 0 Å². The highest BCUT2D eigenvalue weighted by molar-refractivity contribution is 4.85. The first kappa shape index (κ1) is 16.3. The summed E-state index contributed by atoms with van der Waals surface area (Å²) in [6, 6.07) is 1.51. The fraction of sp³-hybridized carbons (Fsp3) is 1.00. The zero-order valence-electron chi connectivity index (χ0n) is 13.9. The van der Waals surface area contributed by atoms with Gasteiger partial charge in [0, 0.05) is 25.2 Å². The average Bonchev–Trinajstić information content (AvgIpc) is 3.09. The molecule has 2 fully saturated rings. The molecule has 0 radical (unpaired) electrons. The van der Waals surface area contributed by atoms with E-state index in [-0.39, 0.29) is 0 Å². The largest absolute Gasteiger partial charge is 0.313 e. The van der Waals surface area contributed by atoms with Gasteiger partial charge in [-0.2, -0.15) is 0 Å². The van der Waals surface area contributed by atoms with Crippen LogP contribution < -0.4 is 5.32 Å². The van der Waals surface area contributed by atoms with Crippen LogP contribution in [0.2, 0.25) is 0 Å². The van der Waals surface area contributed by atoms with E-state index in [9.17, 15) is 0 Å². The first-order valence-electron chi connectivity index (χ1n) is 8.90. The maximum Gasteiger partial charge on any atom is 0.0223 e. The van der Waals surface area contributed by atoms with Crippen molar-refractivity contribution in [2.45, 2.75) is 64.5 Å². The first-order chi connectivity index (χ1) is 9.74. The molecule has 20 heavy (non-hydrogen) atoms. The molecule has 2 aliphatic rings. The molecule has 0 bridgehead atoms. The molecule has 118 valence electrons. The highest BCUT2D eigenvalue weighted by Crippen LogP contribution is 2.28. The van der Waals surface area contributed by atoms with Gasteiger partial charge < -0.3 is 10.2 Å². The number of nitrogens with one attached hydrogen (secondary N) is 1. The predicted molar refractivity (Wildman–Crippen MR) is 87.2 cm³/mol. The van der Waals surface area contributed by atoms with Crippen LogP contribution in [0, 0.1) is 5.92 Å². The fourth-order valence-corrected chi connectivity index (χ4v) is 4.29. The molecule has 1 saturated carbocycles. The first-order valence-corrected chi connectivity index (χ1v) is 8.90. The maximum atomic E-state index is 3.75. The molecule has 1 saturated heterocycles. The van der Waals surface area contributed by atoms with E-state index in [2.05, 4.69) is 36.0 Å². The van der Waals surface area contributed by atoms with Crippen LogP contribution in [0.3, 0.4) is 0 Å². The number of rotatable bonds is 8. The number of likely N-dealkylation sites (N-methyl/N-ethyl adjacent to an activating group) is 3. The van der Waals surface area contributed by atoms with Crippen molar-refractivity contribution in [1.29, 1.82) is 0 Å². The Bertz CT molecular complexity index is 263. The average molecular weight is 281 g/mol. The van der Waals surface area contributed by atoms with E-state index in [0.29, 0.717) is 6.04 Å². The molecule has 1 aliphatic carbocycles. The molecular weight excluding hydrogens is 246 g/mol. The van der Waals surface area contributed by atoms with E-state index in [0.717, 1.165) is 18.5 Å². The lowest BCUT2D eigenvalue weighted by Crippen LogP contribution is -2.47. The van der Waals surface area contributed by atoms with Gasteiger partial charge in [-0.05, 0) is 58.3 Å². The number of hydrogen-bond acceptors (Lipinski definition) is 3. The summed E-state index contributed by atoms with van der Waals surface area (Å²) in [4.78, 5) is 5.25. The summed E-state index contributed by atoms with van der Waals surface area (Å²) in [6.07, 6.45) is 8.57. The molecule has 0 aromatic carbocycles. The van der Waals surface area contributed by atoms with E-state index < -0.39 is 0 Å². The highest BCUT2D eigenvalue weighted by Gasteiger charge is 2.28. The van der Waals surface area contributed by atoms with Gasteiger partial charge in [-0.3, -0.25) is 4.90 Å². The van der Waals surface area contributed by atoms with Crippen molar-refractivity contribution in [2.24, 2.45) is 5.92 Å². The van der Waals surface area contributed by atoms with Gasteiger partial charge in [0.2, 0.25) is 0 Å². The van der Waals surface area contributed by atoms with E-state index in [1.54, 1.807) is 0 Å². The third kappa shape index (κ3) is 4.44. The molecule has 3 heteroatoms. The zero-order chi connectivity index (χ0) is 14.4. The lowest BCUT2D eigenvalue weighted by atomic mass is 9.97. The molecular formula is C17H35N3. The fourth-order valence-electron chi connectivity index (χ4n) is 4.29. The van der Waals surface area contributed by atoms with Crippen molar-refractivity contribution in [3.63, 3.8) is 0 Å². The Labute approximate surface area is 126 Å². The van der Waals surface area contributed by atoms with Gasteiger partial charge in [-0.25, -0.2) is 0 Å². The summed E-state index contributed by atoms with van der Waals surface area (Å²) in [5, 5.41) is 3.75. The Morgan fingerprint density at radius 3 is 2.55 bits per heavy atom. The predicted octanol–water partition coefficient (Wildman–Crippen LogP) is 2.57.